The first-order valence-corrected chi connectivity index (χ1v) is 11.9. The number of carbonyl (C=O) groups excluding carboxylic acids is 1. The minimum atomic E-state index is -1.91. The van der Waals surface area contributed by atoms with E-state index in [1.165, 1.54) is 5.57 Å². The average molecular weight is 351 g/mol. The Hall–Kier alpha value is -0.903. The summed E-state index contributed by atoms with van der Waals surface area (Å²) in [7, 11) is -1.91. The molecule has 23 heavy (non-hydrogen) atoms. The average Bonchev–Trinajstić information content (AvgIpc) is 2.34. The summed E-state index contributed by atoms with van der Waals surface area (Å²) in [5, 5.41) is 0.636. The van der Waals surface area contributed by atoms with Gasteiger partial charge in [-0.2, -0.15) is 0 Å². The number of Topliss-reactive ketones (excluding diaryl/α,β-unsaturated/α-hetero) is 1. The van der Waals surface area contributed by atoms with Crippen molar-refractivity contribution in [1.82, 2.24) is 0 Å². The molecule has 1 atom stereocenters. The minimum absolute atomic E-state index is 0.0422. The van der Waals surface area contributed by atoms with Crippen molar-refractivity contribution in [2.75, 3.05) is 0 Å². The number of hydrogen-bond acceptors (Lipinski definition) is 2. The second-order valence-electron chi connectivity index (χ2n) is 8.45. The van der Waals surface area contributed by atoms with Gasteiger partial charge in [-0.3, -0.25) is 4.79 Å². The highest BCUT2D eigenvalue weighted by Crippen LogP contribution is 2.44. The minimum Gasteiger partial charge on any atom is -0.402 e. The van der Waals surface area contributed by atoms with Crippen LogP contribution >= 0.6 is 11.6 Å². The van der Waals surface area contributed by atoms with Gasteiger partial charge in [0.05, 0.1) is 0 Å². The van der Waals surface area contributed by atoms with Gasteiger partial charge in [-0.25, -0.2) is 0 Å². The summed E-state index contributed by atoms with van der Waals surface area (Å²) in [4.78, 5) is 13.4. The molecule has 0 aromatic heterocycles. The van der Waals surface area contributed by atoms with Gasteiger partial charge in [0.15, 0.2) is 14.1 Å². The summed E-state index contributed by atoms with van der Waals surface area (Å²) in [6.07, 6.45) is 3.77. The Morgan fingerprint density at radius 2 is 1.74 bits per heavy atom. The number of allylic oxidation sites excluding steroid dienone is 1. The fourth-order valence-electron chi connectivity index (χ4n) is 3.68. The molecule has 1 aliphatic rings. The molecule has 0 radical (unpaired) electrons. The Kier molecular flexibility index (Phi) is 4.96. The largest absolute Gasteiger partial charge is 0.402 e. The predicted octanol–water partition coefficient (Wildman–Crippen LogP) is 5.88. The second kappa shape index (κ2) is 6.19. The SMILES string of the molecule is CC1=CC(O[Si](C)(C)C)(C(=O)c2ccc(Cl)cc2)CC(C)(C)C1. The van der Waals surface area contributed by atoms with Crippen LogP contribution in [0, 0.1) is 5.41 Å². The highest BCUT2D eigenvalue weighted by atomic mass is 35.5. The third-order valence-corrected chi connectivity index (χ3v) is 5.19. The fraction of sp³-hybridized carbons (Fsp3) is 0.526. The van der Waals surface area contributed by atoms with Gasteiger partial charge in [0, 0.05) is 10.6 Å². The molecular formula is C19H27ClO2Si. The zero-order valence-corrected chi connectivity index (χ0v) is 16.8. The highest BCUT2D eigenvalue weighted by molar-refractivity contribution is 6.70. The smallest absolute Gasteiger partial charge is 0.197 e. The van der Waals surface area contributed by atoms with E-state index in [0.717, 1.165) is 6.42 Å². The molecule has 0 saturated heterocycles. The van der Waals surface area contributed by atoms with Gasteiger partial charge in [-0.05, 0) is 75.2 Å². The van der Waals surface area contributed by atoms with Crippen molar-refractivity contribution in [3.05, 3.63) is 46.5 Å². The molecular weight excluding hydrogens is 324 g/mol. The Morgan fingerprint density at radius 1 is 1.17 bits per heavy atom. The normalized spacial score (nSPS) is 24.2. The van der Waals surface area contributed by atoms with E-state index in [2.05, 4.69) is 46.5 Å². The molecule has 0 saturated carbocycles. The zero-order valence-electron chi connectivity index (χ0n) is 15.0. The lowest BCUT2D eigenvalue weighted by molar-refractivity contribution is 0.0362. The summed E-state index contributed by atoms with van der Waals surface area (Å²) in [6, 6.07) is 7.12. The van der Waals surface area contributed by atoms with Crippen LogP contribution in [0.25, 0.3) is 0 Å². The Bertz CT molecular complexity index is 626. The summed E-state index contributed by atoms with van der Waals surface area (Å²) in [5.74, 6) is 0.0451. The van der Waals surface area contributed by atoms with Crippen molar-refractivity contribution < 1.29 is 9.22 Å². The quantitative estimate of drug-likeness (QED) is 0.385. The molecule has 0 bridgehead atoms. The molecule has 0 amide bonds. The molecule has 0 spiro atoms. The fourth-order valence-corrected chi connectivity index (χ4v) is 5.12. The summed E-state index contributed by atoms with van der Waals surface area (Å²) in [5.41, 5.74) is 1.07. The van der Waals surface area contributed by atoms with Gasteiger partial charge in [0.2, 0.25) is 0 Å². The number of halogens is 1. The molecule has 2 nitrogen and oxygen atoms in total. The van der Waals surface area contributed by atoms with Crippen molar-refractivity contribution in [3.63, 3.8) is 0 Å². The van der Waals surface area contributed by atoms with Gasteiger partial charge in [0.1, 0.15) is 5.60 Å². The van der Waals surface area contributed by atoms with Crippen molar-refractivity contribution in [2.45, 2.75) is 58.9 Å². The van der Waals surface area contributed by atoms with Crippen LogP contribution in [0.1, 0.15) is 44.0 Å². The van der Waals surface area contributed by atoms with Crippen molar-refractivity contribution >= 4 is 25.7 Å². The summed E-state index contributed by atoms with van der Waals surface area (Å²) < 4.78 is 6.50. The Morgan fingerprint density at radius 3 is 2.22 bits per heavy atom. The molecule has 0 aliphatic heterocycles. The predicted molar refractivity (Wildman–Crippen MR) is 99.7 cm³/mol. The van der Waals surface area contributed by atoms with Crippen LogP contribution in [0.15, 0.2) is 35.9 Å². The van der Waals surface area contributed by atoms with E-state index in [9.17, 15) is 4.79 Å². The van der Waals surface area contributed by atoms with Crippen LogP contribution in [0.2, 0.25) is 24.7 Å². The first kappa shape index (κ1) is 18.4. The van der Waals surface area contributed by atoms with Crippen LogP contribution in [0.3, 0.4) is 0 Å². The lowest BCUT2D eigenvalue weighted by Crippen LogP contribution is -2.51. The van der Waals surface area contributed by atoms with Crippen LogP contribution in [-0.2, 0) is 4.43 Å². The number of ketones is 1. The van der Waals surface area contributed by atoms with Crippen molar-refractivity contribution in [1.29, 1.82) is 0 Å². The summed E-state index contributed by atoms with van der Waals surface area (Å²) >= 11 is 5.96. The van der Waals surface area contributed by atoms with Gasteiger partial charge in [0.25, 0.3) is 0 Å². The van der Waals surface area contributed by atoms with Crippen LogP contribution in [-0.4, -0.2) is 19.7 Å². The standard InChI is InChI=1S/C19H27ClO2Si/c1-14-11-18(2,3)13-19(12-14,22-23(4,5)6)17(21)15-7-9-16(20)10-8-15/h7-10,12H,11,13H2,1-6H3. The molecule has 2 rings (SSSR count). The molecule has 1 unspecified atom stereocenters. The van der Waals surface area contributed by atoms with E-state index in [1.54, 1.807) is 24.3 Å². The molecule has 126 valence electrons. The molecule has 1 aromatic carbocycles. The lowest BCUT2D eigenvalue weighted by atomic mass is 9.69. The highest BCUT2D eigenvalue weighted by Gasteiger charge is 2.47. The maximum Gasteiger partial charge on any atom is 0.197 e. The molecule has 4 heteroatoms. The molecule has 0 N–H and O–H groups in total. The summed E-state index contributed by atoms with van der Waals surface area (Å²) in [6.45, 7) is 12.9. The van der Waals surface area contributed by atoms with Gasteiger partial charge < -0.3 is 4.43 Å². The topological polar surface area (TPSA) is 26.3 Å². The monoisotopic (exact) mass is 350 g/mol. The number of carbonyl (C=O) groups is 1. The number of hydrogen-bond donors (Lipinski definition) is 0. The molecule has 0 fully saturated rings. The van der Waals surface area contributed by atoms with Gasteiger partial charge in [-0.15, -0.1) is 0 Å². The van der Waals surface area contributed by atoms with E-state index in [-0.39, 0.29) is 11.2 Å². The van der Waals surface area contributed by atoms with E-state index in [1.807, 2.05) is 0 Å². The van der Waals surface area contributed by atoms with E-state index >= 15 is 0 Å². The Balaban J connectivity index is 2.52. The first-order chi connectivity index (χ1) is 10.4. The van der Waals surface area contributed by atoms with Crippen LogP contribution in [0.5, 0.6) is 0 Å². The van der Waals surface area contributed by atoms with E-state index in [4.69, 9.17) is 16.0 Å². The van der Waals surface area contributed by atoms with E-state index < -0.39 is 13.9 Å². The number of rotatable bonds is 4. The third-order valence-electron chi connectivity index (χ3n) is 3.96. The molecule has 1 aliphatic carbocycles. The lowest BCUT2D eigenvalue weighted by Gasteiger charge is -2.44. The third kappa shape index (κ3) is 4.56. The first-order valence-electron chi connectivity index (χ1n) is 8.11. The molecule has 0 heterocycles. The molecule has 1 aromatic rings. The van der Waals surface area contributed by atoms with Gasteiger partial charge >= 0.3 is 0 Å². The maximum atomic E-state index is 13.4. The van der Waals surface area contributed by atoms with Gasteiger partial charge in [-0.1, -0.05) is 31.0 Å². The Labute approximate surface area is 146 Å². The zero-order chi connectivity index (χ0) is 17.5. The van der Waals surface area contributed by atoms with Crippen molar-refractivity contribution in [3.8, 4) is 0 Å². The van der Waals surface area contributed by atoms with Crippen LogP contribution in [0.4, 0.5) is 0 Å². The van der Waals surface area contributed by atoms with Crippen LogP contribution < -0.4 is 0 Å². The van der Waals surface area contributed by atoms with Crippen molar-refractivity contribution in [2.24, 2.45) is 5.41 Å². The van der Waals surface area contributed by atoms with E-state index in [0.29, 0.717) is 17.0 Å². The number of benzene rings is 1. The maximum absolute atomic E-state index is 13.4. The second-order valence-corrected chi connectivity index (χ2v) is 13.3.